The lowest BCUT2D eigenvalue weighted by Crippen LogP contribution is -2.38. The lowest BCUT2D eigenvalue weighted by atomic mass is 9.99. The number of alkyl halides is 3. The van der Waals surface area contributed by atoms with Crippen LogP contribution in [-0.2, 0) is 9.53 Å². The predicted octanol–water partition coefficient (Wildman–Crippen LogP) is 3.67. The Balaban J connectivity index is 2.32. The first-order chi connectivity index (χ1) is 10.2. The van der Waals surface area contributed by atoms with Gasteiger partial charge in [-0.05, 0) is 30.5 Å². The van der Waals surface area contributed by atoms with Crippen molar-refractivity contribution in [1.82, 2.24) is 5.32 Å². The summed E-state index contributed by atoms with van der Waals surface area (Å²) in [5.74, 6) is -1.92. The monoisotopic (exact) mass is 313 g/mol. The molecule has 0 aromatic heterocycles. The number of nitrogens with one attached hydrogen (secondary N) is 1. The van der Waals surface area contributed by atoms with Crippen LogP contribution in [0.5, 0.6) is 0 Å². The van der Waals surface area contributed by atoms with Crippen molar-refractivity contribution >= 4 is 5.91 Å². The van der Waals surface area contributed by atoms with Crippen molar-refractivity contribution in [2.45, 2.75) is 38.6 Å². The average molecular weight is 313 g/mol. The Morgan fingerprint density at radius 3 is 2.73 bits per heavy atom. The van der Waals surface area contributed by atoms with E-state index in [0.717, 1.165) is 16.7 Å². The Kier molecular flexibility index (Phi) is 4.60. The standard InChI is InChI=1S/C16H18F3NO2/c1-4-5-22-13-8-12(20-15(21)16(17,18)19)11-7-9(2)6-10(3)14(11)13/h4,6-7,12-13H,1,5,8H2,2-3H3,(H,20,21)/t12-,13+/m0/s1. The Labute approximate surface area is 127 Å². The van der Waals surface area contributed by atoms with Gasteiger partial charge in [0.25, 0.3) is 0 Å². The fourth-order valence-corrected chi connectivity index (χ4v) is 2.91. The second kappa shape index (κ2) is 6.12. The zero-order chi connectivity index (χ0) is 16.5. The molecule has 1 N–H and O–H groups in total. The number of halogens is 3. The number of ether oxygens (including phenoxy) is 1. The molecule has 0 aliphatic heterocycles. The van der Waals surface area contributed by atoms with Gasteiger partial charge in [-0.1, -0.05) is 23.8 Å². The molecule has 0 unspecified atom stereocenters. The van der Waals surface area contributed by atoms with Crippen LogP contribution in [-0.4, -0.2) is 18.7 Å². The maximum Gasteiger partial charge on any atom is 0.471 e. The van der Waals surface area contributed by atoms with E-state index in [9.17, 15) is 18.0 Å². The molecule has 2 rings (SSSR count). The summed E-state index contributed by atoms with van der Waals surface area (Å²) in [4.78, 5) is 11.2. The number of carbonyl (C=O) groups excluding carboxylic acids is 1. The maximum atomic E-state index is 12.5. The van der Waals surface area contributed by atoms with Crippen LogP contribution in [0.2, 0.25) is 0 Å². The van der Waals surface area contributed by atoms with Crippen LogP contribution < -0.4 is 5.32 Å². The fraction of sp³-hybridized carbons (Fsp3) is 0.438. The van der Waals surface area contributed by atoms with Crippen molar-refractivity contribution in [2.75, 3.05) is 6.61 Å². The molecular formula is C16H18F3NO2. The Bertz CT molecular complexity index is 596. The fourth-order valence-electron chi connectivity index (χ4n) is 2.91. The highest BCUT2D eigenvalue weighted by Crippen LogP contribution is 2.43. The van der Waals surface area contributed by atoms with Gasteiger partial charge in [-0.3, -0.25) is 4.79 Å². The van der Waals surface area contributed by atoms with E-state index in [1.54, 1.807) is 12.1 Å². The number of aryl methyl sites for hydroxylation is 2. The minimum Gasteiger partial charge on any atom is -0.369 e. The molecule has 0 spiro atoms. The van der Waals surface area contributed by atoms with E-state index in [0.29, 0.717) is 12.2 Å². The van der Waals surface area contributed by atoms with Crippen LogP contribution in [0.1, 0.15) is 40.8 Å². The van der Waals surface area contributed by atoms with Crippen LogP contribution in [0.3, 0.4) is 0 Å². The third kappa shape index (κ3) is 3.32. The van der Waals surface area contributed by atoms with Gasteiger partial charge in [0.1, 0.15) is 0 Å². The topological polar surface area (TPSA) is 38.3 Å². The second-order valence-electron chi connectivity index (χ2n) is 5.45. The van der Waals surface area contributed by atoms with Gasteiger partial charge in [0, 0.05) is 6.42 Å². The lowest BCUT2D eigenvalue weighted by Gasteiger charge is -2.16. The van der Waals surface area contributed by atoms with Gasteiger partial charge in [0.2, 0.25) is 0 Å². The van der Waals surface area contributed by atoms with Gasteiger partial charge in [-0.2, -0.15) is 13.2 Å². The summed E-state index contributed by atoms with van der Waals surface area (Å²) in [6, 6.07) is 3.07. The summed E-state index contributed by atoms with van der Waals surface area (Å²) >= 11 is 0. The molecule has 1 aliphatic carbocycles. The molecule has 1 amide bonds. The van der Waals surface area contributed by atoms with Gasteiger partial charge in [-0.15, -0.1) is 6.58 Å². The van der Waals surface area contributed by atoms with E-state index in [2.05, 4.69) is 11.9 Å². The van der Waals surface area contributed by atoms with Crippen molar-refractivity contribution in [3.8, 4) is 0 Å². The van der Waals surface area contributed by atoms with Crippen LogP contribution in [0, 0.1) is 13.8 Å². The first-order valence-corrected chi connectivity index (χ1v) is 6.95. The quantitative estimate of drug-likeness (QED) is 0.861. The van der Waals surface area contributed by atoms with Gasteiger partial charge in [0.15, 0.2) is 0 Å². The summed E-state index contributed by atoms with van der Waals surface area (Å²) in [6.45, 7) is 7.64. The predicted molar refractivity (Wildman–Crippen MR) is 76.4 cm³/mol. The Morgan fingerprint density at radius 1 is 1.45 bits per heavy atom. The van der Waals surface area contributed by atoms with Gasteiger partial charge in [-0.25, -0.2) is 0 Å². The largest absolute Gasteiger partial charge is 0.471 e. The second-order valence-corrected chi connectivity index (χ2v) is 5.45. The minimum atomic E-state index is -4.89. The molecule has 0 saturated heterocycles. The van der Waals surface area contributed by atoms with Crippen LogP contribution in [0.15, 0.2) is 24.8 Å². The zero-order valence-electron chi connectivity index (χ0n) is 12.5. The van der Waals surface area contributed by atoms with Crippen molar-refractivity contribution in [3.05, 3.63) is 47.0 Å². The molecule has 0 heterocycles. The van der Waals surface area contributed by atoms with Crippen molar-refractivity contribution < 1.29 is 22.7 Å². The highest BCUT2D eigenvalue weighted by molar-refractivity contribution is 5.82. The molecule has 0 radical (unpaired) electrons. The number of rotatable bonds is 4. The SMILES string of the molecule is C=CCO[C@@H]1C[C@H](NC(=O)C(F)(F)F)c2cc(C)cc(C)c21. The lowest BCUT2D eigenvalue weighted by molar-refractivity contribution is -0.174. The van der Waals surface area contributed by atoms with Crippen molar-refractivity contribution in [2.24, 2.45) is 0 Å². The van der Waals surface area contributed by atoms with Crippen molar-refractivity contribution in [1.29, 1.82) is 0 Å². The highest BCUT2D eigenvalue weighted by atomic mass is 19.4. The summed E-state index contributed by atoms with van der Waals surface area (Å²) in [5.41, 5.74) is 3.45. The molecule has 3 nitrogen and oxygen atoms in total. The first kappa shape index (κ1) is 16.5. The van der Waals surface area contributed by atoms with E-state index in [1.165, 1.54) is 0 Å². The van der Waals surface area contributed by atoms with E-state index in [-0.39, 0.29) is 12.5 Å². The minimum absolute atomic E-state index is 0.287. The number of hydrogen-bond acceptors (Lipinski definition) is 2. The molecule has 0 fully saturated rings. The Morgan fingerprint density at radius 2 is 2.14 bits per heavy atom. The number of fused-ring (bicyclic) bond motifs is 1. The third-order valence-corrected chi connectivity index (χ3v) is 3.69. The zero-order valence-corrected chi connectivity index (χ0v) is 12.5. The highest BCUT2D eigenvalue weighted by Gasteiger charge is 2.42. The normalized spacial score (nSPS) is 20.6. The van der Waals surface area contributed by atoms with Crippen molar-refractivity contribution in [3.63, 3.8) is 0 Å². The molecule has 22 heavy (non-hydrogen) atoms. The number of hydrogen-bond donors (Lipinski definition) is 1. The Hall–Kier alpha value is -1.82. The molecule has 1 aromatic rings. The van der Waals surface area contributed by atoms with Crippen LogP contribution in [0.25, 0.3) is 0 Å². The van der Waals surface area contributed by atoms with Crippen LogP contribution in [0.4, 0.5) is 13.2 Å². The van der Waals surface area contributed by atoms with Gasteiger partial charge >= 0.3 is 12.1 Å². The van der Waals surface area contributed by atoms with Gasteiger partial charge < -0.3 is 10.1 Å². The smallest absolute Gasteiger partial charge is 0.369 e. The van der Waals surface area contributed by atoms with Gasteiger partial charge in [0.05, 0.1) is 18.8 Å². The van der Waals surface area contributed by atoms with Crippen LogP contribution >= 0.6 is 0 Å². The molecule has 2 atom stereocenters. The summed E-state index contributed by atoms with van der Waals surface area (Å²) in [5, 5.41) is 2.07. The molecule has 0 saturated carbocycles. The number of carbonyl (C=O) groups is 1. The molecule has 1 aliphatic rings. The molecular weight excluding hydrogens is 295 g/mol. The van der Waals surface area contributed by atoms with E-state index in [1.807, 2.05) is 19.9 Å². The third-order valence-electron chi connectivity index (χ3n) is 3.69. The summed E-state index contributed by atoms with van der Waals surface area (Å²) in [7, 11) is 0. The van der Waals surface area contributed by atoms with E-state index in [4.69, 9.17) is 4.74 Å². The van der Waals surface area contributed by atoms with E-state index < -0.39 is 18.1 Å². The van der Waals surface area contributed by atoms with E-state index >= 15 is 0 Å². The maximum absolute atomic E-state index is 12.5. The molecule has 120 valence electrons. The summed E-state index contributed by atoms with van der Waals surface area (Å²) in [6.07, 6.45) is -3.36. The summed E-state index contributed by atoms with van der Waals surface area (Å²) < 4.78 is 43.1. The first-order valence-electron chi connectivity index (χ1n) is 6.95. The number of benzene rings is 1. The average Bonchev–Trinajstić information content (AvgIpc) is 2.73. The molecule has 1 aromatic carbocycles. The molecule has 0 bridgehead atoms. The molecule has 6 heteroatoms. The number of amides is 1.